The largest absolute Gasteiger partial charge is 0.480 e. The Labute approximate surface area is 75.3 Å². The summed E-state index contributed by atoms with van der Waals surface area (Å²) in [6.07, 6.45) is -2.22. The number of carboxylic acids is 1. The van der Waals surface area contributed by atoms with Crippen LogP contribution in [0.4, 0.5) is 8.78 Å². The molecule has 0 aromatic carbocycles. The molecule has 13 heavy (non-hydrogen) atoms. The second-order valence-electron chi connectivity index (χ2n) is 2.89. The van der Waals surface area contributed by atoms with E-state index in [1.165, 1.54) is 11.9 Å². The minimum atomic E-state index is -2.40. The highest BCUT2D eigenvalue weighted by Gasteiger charge is 2.13. The van der Waals surface area contributed by atoms with Gasteiger partial charge in [0.25, 0.3) is 6.43 Å². The molecule has 4 nitrogen and oxygen atoms in total. The predicted octanol–water partition coefficient (Wildman–Crippen LogP) is -0.0147. The van der Waals surface area contributed by atoms with Crippen LogP contribution in [0.1, 0.15) is 6.42 Å². The van der Waals surface area contributed by atoms with E-state index >= 15 is 0 Å². The summed E-state index contributed by atoms with van der Waals surface area (Å²) in [5, 5.41) is 8.39. The first kappa shape index (κ1) is 12.2. The first-order chi connectivity index (χ1) is 5.93. The monoisotopic (exact) mass is 196 g/mol. The van der Waals surface area contributed by atoms with Gasteiger partial charge < -0.3 is 15.7 Å². The Morgan fingerprint density at radius 3 is 2.54 bits per heavy atom. The van der Waals surface area contributed by atoms with E-state index in [2.05, 4.69) is 0 Å². The van der Waals surface area contributed by atoms with E-state index in [1.54, 1.807) is 0 Å². The second-order valence-corrected chi connectivity index (χ2v) is 2.89. The van der Waals surface area contributed by atoms with Crippen molar-refractivity contribution < 1.29 is 18.7 Å². The summed E-state index contributed by atoms with van der Waals surface area (Å²) < 4.78 is 23.6. The van der Waals surface area contributed by atoms with E-state index in [0.29, 0.717) is 0 Å². The van der Waals surface area contributed by atoms with Gasteiger partial charge in [0, 0.05) is 6.54 Å². The Kier molecular flexibility index (Phi) is 5.48. The van der Waals surface area contributed by atoms with Crippen LogP contribution in [0.5, 0.6) is 0 Å². The molecule has 0 aliphatic carbocycles. The molecule has 1 atom stereocenters. The fraction of sp³-hybridized carbons (Fsp3) is 0.857. The highest BCUT2D eigenvalue weighted by Crippen LogP contribution is 1.98. The van der Waals surface area contributed by atoms with Crippen molar-refractivity contribution in [3.63, 3.8) is 0 Å². The van der Waals surface area contributed by atoms with E-state index in [1.807, 2.05) is 0 Å². The SMILES string of the molecule is CN(CCC(N)C(=O)O)CC(F)F. The third-order valence-corrected chi connectivity index (χ3v) is 1.59. The molecule has 0 saturated heterocycles. The van der Waals surface area contributed by atoms with E-state index in [-0.39, 0.29) is 19.5 Å². The van der Waals surface area contributed by atoms with Crippen molar-refractivity contribution in [3.05, 3.63) is 0 Å². The molecule has 0 aromatic rings. The van der Waals surface area contributed by atoms with Gasteiger partial charge in [-0.3, -0.25) is 4.79 Å². The zero-order valence-corrected chi connectivity index (χ0v) is 7.41. The zero-order valence-electron chi connectivity index (χ0n) is 7.41. The van der Waals surface area contributed by atoms with Gasteiger partial charge in [-0.2, -0.15) is 0 Å². The lowest BCUT2D eigenvalue weighted by atomic mass is 10.2. The zero-order chi connectivity index (χ0) is 10.4. The summed E-state index contributed by atoms with van der Waals surface area (Å²) in [5.74, 6) is -1.11. The molecule has 1 unspecified atom stereocenters. The van der Waals surface area contributed by atoms with Gasteiger partial charge in [0.1, 0.15) is 6.04 Å². The van der Waals surface area contributed by atoms with E-state index in [4.69, 9.17) is 10.8 Å². The number of alkyl halides is 2. The number of rotatable bonds is 6. The van der Waals surface area contributed by atoms with E-state index < -0.39 is 18.4 Å². The smallest absolute Gasteiger partial charge is 0.320 e. The number of nitrogens with two attached hydrogens (primary N) is 1. The van der Waals surface area contributed by atoms with Gasteiger partial charge in [0.15, 0.2) is 0 Å². The molecule has 0 heterocycles. The van der Waals surface area contributed by atoms with Crippen LogP contribution < -0.4 is 5.73 Å². The van der Waals surface area contributed by atoms with Gasteiger partial charge in [-0.05, 0) is 13.5 Å². The van der Waals surface area contributed by atoms with Crippen molar-refractivity contribution >= 4 is 5.97 Å². The van der Waals surface area contributed by atoms with Gasteiger partial charge >= 0.3 is 5.97 Å². The van der Waals surface area contributed by atoms with Crippen LogP contribution in [0.15, 0.2) is 0 Å². The number of hydrogen-bond donors (Lipinski definition) is 2. The van der Waals surface area contributed by atoms with Crippen molar-refractivity contribution in [2.45, 2.75) is 18.9 Å². The number of hydrogen-bond acceptors (Lipinski definition) is 3. The molecular formula is C7H14F2N2O2. The van der Waals surface area contributed by atoms with Gasteiger partial charge in [0.05, 0.1) is 6.54 Å². The van der Waals surface area contributed by atoms with E-state index in [0.717, 1.165) is 0 Å². The molecule has 0 saturated carbocycles. The quantitative estimate of drug-likeness (QED) is 0.626. The Bertz CT molecular complexity index is 167. The molecule has 0 amide bonds. The molecule has 0 aliphatic rings. The van der Waals surface area contributed by atoms with Crippen molar-refractivity contribution in [2.75, 3.05) is 20.1 Å². The van der Waals surface area contributed by atoms with Crippen LogP contribution in [0.3, 0.4) is 0 Å². The van der Waals surface area contributed by atoms with Crippen LogP contribution in [0.25, 0.3) is 0 Å². The lowest BCUT2D eigenvalue weighted by Crippen LogP contribution is -2.35. The standard InChI is InChI=1S/C7H14F2N2O2/c1-11(4-6(8)9)3-2-5(10)7(12)13/h5-6H,2-4,10H2,1H3,(H,12,13). The second kappa shape index (κ2) is 5.82. The van der Waals surface area contributed by atoms with Crippen LogP contribution in [0, 0.1) is 0 Å². The molecule has 0 bridgehead atoms. The molecule has 78 valence electrons. The van der Waals surface area contributed by atoms with Gasteiger partial charge in [-0.15, -0.1) is 0 Å². The molecule has 0 radical (unpaired) electrons. The lowest BCUT2D eigenvalue weighted by molar-refractivity contribution is -0.138. The van der Waals surface area contributed by atoms with Crippen molar-refractivity contribution in [1.82, 2.24) is 4.90 Å². The van der Waals surface area contributed by atoms with E-state index in [9.17, 15) is 13.6 Å². The van der Waals surface area contributed by atoms with Gasteiger partial charge in [-0.25, -0.2) is 8.78 Å². The fourth-order valence-corrected chi connectivity index (χ4v) is 0.810. The number of nitrogens with zero attached hydrogens (tertiary/aromatic N) is 1. The molecular weight excluding hydrogens is 182 g/mol. The molecule has 3 N–H and O–H groups in total. The van der Waals surface area contributed by atoms with Crippen LogP contribution in [-0.4, -0.2) is 48.6 Å². The highest BCUT2D eigenvalue weighted by atomic mass is 19.3. The van der Waals surface area contributed by atoms with Crippen LogP contribution in [-0.2, 0) is 4.79 Å². The predicted molar refractivity (Wildman–Crippen MR) is 43.7 cm³/mol. The first-order valence-corrected chi connectivity index (χ1v) is 3.88. The number of carbonyl (C=O) groups is 1. The average molecular weight is 196 g/mol. The Morgan fingerprint density at radius 1 is 1.62 bits per heavy atom. The summed E-state index contributed by atoms with van der Waals surface area (Å²) in [7, 11) is 1.50. The Hall–Kier alpha value is -0.750. The summed E-state index contributed by atoms with van der Waals surface area (Å²) in [6, 6.07) is -0.972. The molecule has 0 rings (SSSR count). The molecule has 6 heteroatoms. The third kappa shape index (κ3) is 6.41. The Balaban J connectivity index is 3.57. The minimum absolute atomic E-state index is 0.179. The van der Waals surface area contributed by atoms with Crippen LogP contribution in [0.2, 0.25) is 0 Å². The molecule has 0 spiro atoms. The number of halogens is 2. The normalized spacial score (nSPS) is 13.7. The highest BCUT2D eigenvalue weighted by molar-refractivity contribution is 5.72. The number of carboxylic acid groups (broad SMARTS) is 1. The Morgan fingerprint density at radius 2 is 2.15 bits per heavy atom. The summed E-state index contributed by atoms with van der Waals surface area (Å²) >= 11 is 0. The summed E-state index contributed by atoms with van der Waals surface area (Å²) in [4.78, 5) is 11.6. The van der Waals surface area contributed by atoms with Crippen molar-refractivity contribution in [1.29, 1.82) is 0 Å². The first-order valence-electron chi connectivity index (χ1n) is 3.88. The fourth-order valence-electron chi connectivity index (χ4n) is 0.810. The molecule has 0 aliphatic heterocycles. The maximum atomic E-state index is 11.8. The molecule has 0 fully saturated rings. The lowest BCUT2D eigenvalue weighted by Gasteiger charge is -2.16. The topological polar surface area (TPSA) is 66.6 Å². The van der Waals surface area contributed by atoms with Crippen LogP contribution >= 0.6 is 0 Å². The third-order valence-electron chi connectivity index (χ3n) is 1.59. The van der Waals surface area contributed by atoms with Crippen molar-refractivity contribution in [2.24, 2.45) is 5.73 Å². The summed E-state index contributed by atoms with van der Waals surface area (Å²) in [6.45, 7) is -0.0931. The van der Waals surface area contributed by atoms with Gasteiger partial charge in [-0.1, -0.05) is 0 Å². The average Bonchev–Trinajstić information content (AvgIpc) is 1.98. The maximum absolute atomic E-state index is 11.8. The van der Waals surface area contributed by atoms with Gasteiger partial charge in [0.2, 0.25) is 0 Å². The maximum Gasteiger partial charge on any atom is 0.320 e. The van der Waals surface area contributed by atoms with Crippen molar-refractivity contribution in [3.8, 4) is 0 Å². The number of aliphatic carboxylic acids is 1. The minimum Gasteiger partial charge on any atom is -0.480 e. The molecule has 0 aromatic heterocycles. The summed E-state index contributed by atoms with van der Waals surface area (Å²) in [5.41, 5.74) is 5.18.